The normalized spacial score (nSPS) is 12.1. The molecule has 0 radical (unpaired) electrons. The van der Waals surface area contributed by atoms with Gasteiger partial charge in [0.1, 0.15) is 0 Å². The van der Waals surface area contributed by atoms with Crippen molar-refractivity contribution >= 4 is 0 Å². The number of hydrogen-bond acceptors (Lipinski definition) is 2. The molecule has 0 aliphatic carbocycles. The number of halogens is 3. The van der Waals surface area contributed by atoms with Crippen molar-refractivity contribution in [3.8, 4) is 0 Å². The quantitative estimate of drug-likeness (QED) is 0.810. The zero-order valence-corrected chi connectivity index (χ0v) is 10.4. The SMILES string of the molecule is Cc1nn(C)c(C)c1CCCNCC(F)(F)F. The van der Waals surface area contributed by atoms with Crippen LogP contribution >= 0.6 is 0 Å². The summed E-state index contributed by atoms with van der Waals surface area (Å²) in [5.74, 6) is 0. The zero-order chi connectivity index (χ0) is 13.1. The summed E-state index contributed by atoms with van der Waals surface area (Å²) in [6.07, 6.45) is -2.68. The third-order valence-electron chi connectivity index (χ3n) is 2.76. The molecule has 3 nitrogen and oxygen atoms in total. The van der Waals surface area contributed by atoms with E-state index >= 15 is 0 Å². The number of nitrogens with zero attached hydrogens (tertiary/aromatic N) is 2. The average Bonchev–Trinajstić information content (AvgIpc) is 2.42. The van der Waals surface area contributed by atoms with E-state index in [4.69, 9.17) is 0 Å². The Morgan fingerprint density at radius 2 is 1.94 bits per heavy atom. The van der Waals surface area contributed by atoms with Crippen molar-refractivity contribution in [2.24, 2.45) is 7.05 Å². The number of nitrogens with one attached hydrogen (secondary N) is 1. The monoisotopic (exact) mass is 249 g/mol. The Kier molecular flexibility index (Phi) is 4.56. The van der Waals surface area contributed by atoms with Crippen LogP contribution in [0.3, 0.4) is 0 Å². The van der Waals surface area contributed by atoms with E-state index in [1.165, 1.54) is 0 Å². The van der Waals surface area contributed by atoms with Gasteiger partial charge in [-0.15, -0.1) is 0 Å². The molecular formula is C11H18F3N3. The number of rotatable bonds is 5. The topological polar surface area (TPSA) is 29.9 Å². The maximum absolute atomic E-state index is 11.9. The minimum absolute atomic E-state index is 0.368. The second kappa shape index (κ2) is 5.53. The summed E-state index contributed by atoms with van der Waals surface area (Å²) in [6, 6.07) is 0. The number of aryl methyl sites for hydroxylation is 2. The van der Waals surface area contributed by atoms with Crippen LogP contribution in [0.2, 0.25) is 0 Å². The summed E-state index contributed by atoms with van der Waals surface area (Å²) in [5, 5.41) is 6.65. The Morgan fingerprint density at radius 1 is 1.29 bits per heavy atom. The van der Waals surface area contributed by atoms with E-state index < -0.39 is 12.7 Å². The smallest absolute Gasteiger partial charge is 0.309 e. The van der Waals surface area contributed by atoms with Crippen LogP contribution in [-0.4, -0.2) is 29.0 Å². The van der Waals surface area contributed by atoms with Crippen LogP contribution in [0.1, 0.15) is 23.4 Å². The Hall–Kier alpha value is -1.04. The molecule has 6 heteroatoms. The van der Waals surface area contributed by atoms with Gasteiger partial charge in [-0.3, -0.25) is 4.68 Å². The Labute approximate surface area is 99.0 Å². The standard InChI is InChI=1S/C11H18F3N3/c1-8-10(9(2)17(3)16-8)5-4-6-15-7-11(12,13)14/h15H,4-7H2,1-3H3. The van der Waals surface area contributed by atoms with Gasteiger partial charge in [0.2, 0.25) is 0 Å². The van der Waals surface area contributed by atoms with Crippen molar-refractivity contribution in [1.29, 1.82) is 0 Å². The summed E-state index contributed by atoms with van der Waals surface area (Å²) in [5.41, 5.74) is 3.18. The lowest BCUT2D eigenvalue weighted by atomic mass is 10.1. The van der Waals surface area contributed by atoms with Crippen LogP contribution in [-0.2, 0) is 13.5 Å². The predicted octanol–water partition coefficient (Wildman–Crippen LogP) is 2.12. The molecule has 0 saturated carbocycles. The van der Waals surface area contributed by atoms with E-state index in [-0.39, 0.29) is 0 Å². The molecule has 1 heterocycles. The van der Waals surface area contributed by atoms with Gasteiger partial charge in [0.15, 0.2) is 0 Å². The van der Waals surface area contributed by atoms with E-state index in [0.717, 1.165) is 23.4 Å². The fourth-order valence-corrected chi connectivity index (χ4v) is 1.80. The van der Waals surface area contributed by atoms with E-state index in [1.807, 2.05) is 20.9 Å². The molecule has 1 N–H and O–H groups in total. The Morgan fingerprint density at radius 3 is 2.41 bits per heavy atom. The Bertz CT molecular complexity index is 369. The van der Waals surface area contributed by atoms with Gasteiger partial charge in [-0.1, -0.05) is 0 Å². The summed E-state index contributed by atoms with van der Waals surface area (Å²) in [7, 11) is 1.87. The second-order valence-electron chi connectivity index (χ2n) is 4.17. The van der Waals surface area contributed by atoms with Crippen molar-refractivity contribution in [2.45, 2.75) is 32.9 Å². The zero-order valence-electron chi connectivity index (χ0n) is 10.4. The van der Waals surface area contributed by atoms with Crippen molar-refractivity contribution in [3.63, 3.8) is 0 Å². The molecule has 0 aliphatic rings. The number of alkyl halides is 3. The van der Waals surface area contributed by atoms with Crippen LogP contribution in [0.5, 0.6) is 0 Å². The largest absolute Gasteiger partial charge is 0.401 e. The minimum atomic E-state index is -4.12. The van der Waals surface area contributed by atoms with Crippen LogP contribution in [0.15, 0.2) is 0 Å². The van der Waals surface area contributed by atoms with Gasteiger partial charge in [0.25, 0.3) is 0 Å². The molecule has 98 valence electrons. The molecule has 0 fully saturated rings. The molecule has 0 aromatic carbocycles. The third kappa shape index (κ3) is 4.38. The molecule has 1 aromatic rings. The molecule has 0 spiro atoms. The van der Waals surface area contributed by atoms with Gasteiger partial charge in [-0.25, -0.2) is 0 Å². The van der Waals surface area contributed by atoms with Gasteiger partial charge in [0, 0.05) is 12.7 Å². The summed E-state index contributed by atoms with van der Waals surface area (Å²) < 4.78 is 37.4. The number of aromatic nitrogens is 2. The highest BCUT2D eigenvalue weighted by Gasteiger charge is 2.25. The first-order valence-corrected chi connectivity index (χ1v) is 5.58. The molecule has 17 heavy (non-hydrogen) atoms. The van der Waals surface area contributed by atoms with Gasteiger partial charge in [-0.2, -0.15) is 18.3 Å². The van der Waals surface area contributed by atoms with E-state index in [0.29, 0.717) is 13.0 Å². The molecule has 0 atom stereocenters. The van der Waals surface area contributed by atoms with Crippen LogP contribution in [0.4, 0.5) is 13.2 Å². The van der Waals surface area contributed by atoms with Crippen molar-refractivity contribution < 1.29 is 13.2 Å². The van der Waals surface area contributed by atoms with E-state index in [9.17, 15) is 13.2 Å². The molecule has 0 aliphatic heterocycles. The molecule has 0 unspecified atom stereocenters. The average molecular weight is 249 g/mol. The lowest BCUT2D eigenvalue weighted by Gasteiger charge is -2.08. The van der Waals surface area contributed by atoms with E-state index in [2.05, 4.69) is 10.4 Å². The molecule has 0 saturated heterocycles. The van der Waals surface area contributed by atoms with Gasteiger partial charge in [-0.05, 0) is 38.8 Å². The predicted molar refractivity (Wildman–Crippen MR) is 59.9 cm³/mol. The Balaban J connectivity index is 2.32. The first-order chi connectivity index (χ1) is 7.81. The highest BCUT2D eigenvalue weighted by Crippen LogP contribution is 2.14. The third-order valence-corrected chi connectivity index (χ3v) is 2.76. The first-order valence-electron chi connectivity index (χ1n) is 5.58. The van der Waals surface area contributed by atoms with Crippen LogP contribution < -0.4 is 5.32 Å². The molecule has 1 aromatic heterocycles. The summed E-state index contributed by atoms with van der Waals surface area (Å²) in [4.78, 5) is 0. The molecule has 1 rings (SSSR count). The van der Waals surface area contributed by atoms with E-state index in [1.54, 1.807) is 4.68 Å². The second-order valence-corrected chi connectivity index (χ2v) is 4.17. The fourth-order valence-electron chi connectivity index (χ4n) is 1.80. The maximum Gasteiger partial charge on any atom is 0.401 e. The highest BCUT2D eigenvalue weighted by molar-refractivity contribution is 5.24. The lowest BCUT2D eigenvalue weighted by Crippen LogP contribution is -2.29. The molecule has 0 bridgehead atoms. The minimum Gasteiger partial charge on any atom is -0.309 e. The highest BCUT2D eigenvalue weighted by atomic mass is 19.4. The van der Waals surface area contributed by atoms with Crippen molar-refractivity contribution in [2.75, 3.05) is 13.1 Å². The van der Waals surface area contributed by atoms with Crippen molar-refractivity contribution in [1.82, 2.24) is 15.1 Å². The maximum atomic E-state index is 11.9. The molecular weight excluding hydrogens is 231 g/mol. The summed E-state index contributed by atoms with van der Waals surface area (Å²) >= 11 is 0. The van der Waals surface area contributed by atoms with Crippen LogP contribution in [0, 0.1) is 13.8 Å². The van der Waals surface area contributed by atoms with Gasteiger partial charge in [0.05, 0.1) is 12.2 Å². The van der Waals surface area contributed by atoms with Gasteiger partial charge >= 0.3 is 6.18 Å². The van der Waals surface area contributed by atoms with Crippen LogP contribution in [0.25, 0.3) is 0 Å². The number of hydrogen-bond donors (Lipinski definition) is 1. The lowest BCUT2D eigenvalue weighted by molar-refractivity contribution is -0.124. The van der Waals surface area contributed by atoms with Crippen molar-refractivity contribution in [3.05, 3.63) is 17.0 Å². The summed E-state index contributed by atoms with van der Waals surface area (Å²) in [6.45, 7) is 3.34. The fraction of sp³-hybridized carbons (Fsp3) is 0.727. The molecule has 0 amide bonds. The first kappa shape index (κ1) is 14.0. The van der Waals surface area contributed by atoms with Gasteiger partial charge < -0.3 is 5.32 Å².